The summed E-state index contributed by atoms with van der Waals surface area (Å²) in [6.45, 7) is 4.05. The van der Waals surface area contributed by atoms with Crippen molar-refractivity contribution in [1.29, 1.82) is 0 Å². The van der Waals surface area contributed by atoms with Crippen molar-refractivity contribution in [2.24, 2.45) is 5.92 Å². The van der Waals surface area contributed by atoms with Gasteiger partial charge >= 0.3 is 0 Å². The summed E-state index contributed by atoms with van der Waals surface area (Å²) in [6.07, 6.45) is 1.92. The largest absolute Gasteiger partial charge is 0.385 e. The molecule has 0 bridgehead atoms. The first-order chi connectivity index (χ1) is 16.3. The van der Waals surface area contributed by atoms with Crippen molar-refractivity contribution in [2.45, 2.75) is 37.6 Å². The number of piperidine rings is 1. The maximum absolute atomic E-state index is 13.2. The molecule has 1 saturated heterocycles. The number of sulfonamides is 1. The van der Waals surface area contributed by atoms with Crippen LogP contribution in [0.4, 0.5) is 0 Å². The number of carbonyl (C=O) groups excluding carboxylic acids is 2. The van der Waals surface area contributed by atoms with Gasteiger partial charge in [-0.2, -0.15) is 0 Å². The average molecular weight is 488 g/mol. The topological polar surface area (TPSA) is 105 Å². The van der Waals surface area contributed by atoms with Crippen molar-refractivity contribution >= 4 is 21.8 Å². The first-order valence-corrected chi connectivity index (χ1v) is 13.0. The molecule has 1 aliphatic rings. The predicted octanol–water partition coefficient (Wildman–Crippen LogP) is 2.48. The Morgan fingerprint density at radius 1 is 1.09 bits per heavy atom. The van der Waals surface area contributed by atoms with E-state index in [-0.39, 0.29) is 29.2 Å². The molecule has 0 atom stereocenters. The second-order valence-electron chi connectivity index (χ2n) is 8.49. The summed E-state index contributed by atoms with van der Waals surface area (Å²) in [5.74, 6) is -0.324. The highest BCUT2D eigenvalue weighted by Crippen LogP contribution is 2.22. The highest BCUT2D eigenvalue weighted by atomic mass is 32.2. The van der Waals surface area contributed by atoms with Crippen LogP contribution in [0.3, 0.4) is 0 Å². The molecule has 0 aromatic heterocycles. The standard InChI is InChI=1S/C25H33N3O5S/c1-19-9-10-22(34(31,32)27-18-20-7-4-3-5-8-20)17-23(19)25(30)28-14-11-21(12-15-28)24(29)26-13-6-16-33-2/h3-5,7-10,17,21,27H,6,11-16,18H2,1-2H3,(H,26,29). The van der Waals surface area contributed by atoms with E-state index in [1.54, 1.807) is 25.0 Å². The summed E-state index contributed by atoms with van der Waals surface area (Å²) in [5.41, 5.74) is 1.93. The Kier molecular flexibility index (Phi) is 9.20. The average Bonchev–Trinajstić information content (AvgIpc) is 2.86. The third-order valence-corrected chi connectivity index (χ3v) is 7.44. The zero-order valence-electron chi connectivity index (χ0n) is 19.7. The van der Waals surface area contributed by atoms with Crippen LogP contribution in [0.15, 0.2) is 53.4 Å². The van der Waals surface area contributed by atoms with E-state index in [1.807, 2.05) is 30.3 Å². The fourth-order valence-corrected chi connectivity index (χ4v) is 4.99. The van der Waals surface area contributed by atoms with Gasteiger partial charge in [-0.3, -0.25) is 9.59 Å². The molecule has 2 aromatic rings. The number of amides is 2. The van der Waals surface area contributed by atoms with E-state index in [0.29, 0.717) is 50.2 Å². The van der Waals surface area contributed by atoms with Crippen LogP contribution >= 0.6 is 0 Å². The van der Waals surface area contributed by atoms with Crippen LogP contribution in [0.1, 0.15) is 40.7 Å². The van der Waals surface area contributed by atoms with Crippen molar-refractivity contribution < 1.29 is 22.7 Å². The molecule has 184 valence electrons. The number of hydrogen-bond acceptors (Lipinski definition) is 5. The van der Waals surface area contributed by atoms with Gasteiger partial charge in [0.2, 0.25) is 15.9 Å². The van der Waals surface area contributed by atoms with Gasteiger partial charge in [0.25, 0.3) is 5.91 Å². The number of ether oxygens (including phenoxy) is 1. The van der Waals surface area contributed by atoms with Crippen molar-refractivity contribution in [3.8, 4) is 0 Å². The Bertz CT molecular complexity index is 1080. The van der Waals surface area contributed by atoms with Crippen LogP contribution in [0.25, 0.3) is 0 Å². The molecule has 0 saturated carbocycles. The van der Waals surface area contributed by atoms with Gasteiger partial charge in [-0.15, -0.1) is 0 Å². The smallest absolute Gasteiger partial charge is 0.254 e. The minimum atomic E-state index is -3.78. The quantitative estimate of drug-likeness (QED) is 0.501. The predicted molar refractivity (Wildman–Crippen MR) is 130 cm³/mol. The molecular weight excluding hydrogens is 454 g/mol. The summed E-state index contributed by atoms with van der Waals surface area (Å²) in [5, 5.41) is 2.92. The molecule has 3 rings (SSSR count). The van der Waals surface area contributed by atoms with Crippen molar-refractivity contribution in [3.63, 3.8) is 0 Å². The molecule has 1 heterocycles. The van der Waals surface area contributed by atoms with Crippen LogP contribution in [0.5, 0.6) is 0 Å². The van der Waals surface area contributed by atoms with Gasteiger partial charge < -0.3 is 15.0 Å². The lowest BCUT2D eigenvalue weighted by atomic mass is 9.95. The molecule has 34 heavy (non-hydrogen) atoms. The molecule has 0 radical (unpaired) electrons. The molecular formula is C25H33N3O5S. The first kappa shape index (κ1) is 25.9. The molecule has 2 amide bonds. The Morgan fingerprint density at radius 2 is 1.79 bits per heavy atom. The Balaban J connectivity index is 1.61. The minimum absolute atomic E-state index is 0.0111. The van der Waals surface area contributed by atoms with Crippen molar-refractivity contribution in [2.75, 3.05) is 33.4 Å². The van der Waals surface area contributed by atoms with Crippen LogP contribution in [-0.2, 0) is 26.1 Å². The number of rotatable bonds is 10. The SMILES string of the molecule is COCCCNC(=O)C1CCN(C(=O)c2cc(S(=O)(=O)NCc3ccccc3)ccc2C)CC1. The van der Waals surface area contributed by atoms with Gasteiger partial charge in [0.15, 0.2) is 0 Å². The van der Waals surface area contributed by atoms with Gasteiger partial charge in [0, 0.05) is 51.4 Å². The first-order valence-electron chi connectivity index (χ1n) is 11.5. The van der Waals surface area contributed by atoms with E-state index in [1.165, 1.54) is 12.1 Å². The fraction of sp³-hybridized carbons (Fsp3) is 0.440. The molecule has 1 aliphatic heterocycles. The van der Waals surface area contributed by atoms with E-state index in [4.69, 9.17) is 4.74 Å². The number of benzene rings is 2. The van der Waals surface area contributed by atoms with E-state index < -0.39 is 10.0 Å². The Labute approximate surface area is 201 Å². The second-order valence-corrected chi connectivity index (χ2v) is 10.3. The van der Waals surface area contributed by atoms with Crippen LogP contribution < -0.4 is 10.0 Å². The normalized spacial score (nSPS) is 14.7. The Morgan fingerprint density at radius 3 is 2.47 bits per heavy atom. The van der Waals surface area contributed by atoms with Gasteiger partial charge in [-0.25, -0.2) is 13.1 Å². The van der Waals surface area contributed by atoms with E-state index in [0.717, 1.165) is 12.0 Å². The van der Waals surface area contributed by atoms with Gasteiger partial charge in [-0.1, -0.05) is 36.4 Å². The van der Waals surface area contributed by atoms with Crippen LogP contribution in [0, 0.1) is 12.8 Å². The highest BCUT2D eigenvalue weighted by molar-refractivity contribution is 7.89. The number of carbonyl (C=O) groups is 2. The van der Waals surface area contributed by atoms with Crippen molar-refractivity contribution in [1.82, 2.24) is 14.9 Å². The zero-order chi connectivity index (χ0) is 24.6. The molecule has 0 spiro atoms. The molecule has 0 unspecified atom stereocenters. The maximum atomic E-state index is 13.2. The minimum Gasteiger partial charge on any atom is -0.385 e. The number of aryl methyl sites for hydroxylation is 1. The van der Waals surface area contributed by atoms with E-state index >= 15 is 0 Å². The molecule has 1 fully saturated rings. The van der Waals surface area contributed by atoms with Gasteiger partial charge in [0.05, 0.1) is 4.90 Å². The van der Waals surface area contributed by atoms with Crippen LogP contribution in [0.2, 0.25) is 0 Å². The number of nitrogens with zero attached hydrogens (tertiary/aromatic N) is 1. The summed E-state index contributed by atoms with van der Waals surface area (Å²) in [7, 11) is -2.15. The summed E-state index contributed by atoms with van der Waals surface area (Å²) < 4.78 is 33.2. The highest BCUT2D eigenvalue weighted by Gasteiger charge is 2.29. The summed E-state index contributed by atoms with van der Waals surface area (Å²) >= 11 is 0. The lowest BCUT2D eigenvalue weighted by molar-refractivity contribution is -0.126. The molecule has 0 aliphatic carbocycles. The monoisotopic (exact) mass is 487 g/mol. The second kappa shape index (κ2) is 12.1. The molecule has 2 N–H and O–H groups in total. The number of methoxy groups -OCH3 is 1. The number of likely N-dealkylation sites (tertiary alicyclic amines) is 1. The summed E-state index contributed by atoms with van der Waals surface area (Å²) in [4.78, 5) is 27.3. The molecule has 9 heteroatoms. The third-order valence-electron chi connectivity index (χ3n) is 6.04. The van der Waals surface area contributed by atoms with Crippen LogP contribution in [-0.4, -0.2) is 58.5 Å². The van der Waals surface area contributed by atoms with Gasteiger partial charge in [-0.05, 0) is 49.4 Å². The lowest BCUT2D eigenvalue weighted by Gasteiger charge is -2.31. The van der Waals surface area contributed by atoms with Gasteiger partial charge in [0.1, 0.15) is 0 Å². The third kappa shape index (κ3) is 6.88. The lowest BCUT2D eigenvalue weighted by Crippen LogP contribution is -2.43. The van der Waals surface area contributed by atoms with E-state index in [2.05, 4.69) is 10.0 Å². The zero-order valence-corrected chi connectivity index (χ0v) is 20.6. The summed E-state index contributed by atoms with van der Waals surface area (Å²) in [6, 6.07) is 13.9. The molecule has 2 aromatic carbocycles. The Hall–Kier alpha value is -2.75. The molecule has 8 nitrogen and oxygen atoms in total. The van der Waals surface area contributed by atoms with Crippen molar-refractivity contribution in [3.05, 3.63) is 65.2 Å². The maximum Gasteiger partial charge on any atom is 0.254 e. The number of nitrogens with one attached hydrogen (secondary N) is 2. The number of hydrogen-bond donors (Lipinski definition) is 2. The van der Waals surface area contributed by atoms with E-state index in [9.17, 15) is 18.0 Å². The fourth-order valence-electron chi connectivity index (χ4n) is 3.94.